The number of hydrogen-bond donors (Lipinski definition) is 1. The Kier molecular flexibility index (Phi) is 5.61. The van der Waals surface area contributed by atoms with Gasteiger partial charge < -0.3 is 4.74 Å². The van der Waals surface area contributed by atoms with Crippen LogP contribution in [-0.2, 0) is 14.3 Å². The minimum atomic E-state index is -0.638. The molecule has 9 heteroatoms. The van der Waals surface area contributed by atoms with Crippen LogP contribution in [0.3, 0.4) is 0 Å². The normalized spacial score (nSPS) is 10.4. The Morgan fingerprint density at radius 3 is 2.95 bits per heavy atom. The number of hydrogen-bond acceptors (Lipinski definition) is 7. The van der Waals surface area contributed by atoms with Crippen LogP contribution in [0, 0.1) is 10.1 Å². The number of thiophene rings is 1. The van der Waals surface area contributed by atoms with Gasteiger partial charge in [-0.1, -0.05) is 11.3 Å². The second-order valence-electron chi connectivity index (χ2n) is 3.25. The third-order valence-corrected chi connectivity index (χ3v) is 2.70. The monoisotopic (exact) mass is 285 g/mol. The molecule has 1 N–H and O–H groups in total. The highest BCUT2D eigenvalue weighted by Crippen LogP contribution is 2.21. The third-order valence-electron chi connectivity index (χ3n) is 1.80. The summed E-state index contributed by atoms with van der Waals surface area (Å²) in [6, 6.07) is 1.33. The average molecular weight is 285 g/mol. The Morgan fingerprint density at radius 1 is 1.63 bits per heavy atom. The maximum absolute atomic E-state index is 11.2. The lowest BCUT2D eigenvalue weighted by Crippen LogP contribution is -2.22. The molecule has 1 rings (SSSR count). The van der Waals surface area contributed by atoms with Gasteiger partial charge in [-0.2, -0.15) is 5.10 Å². The largest absolute Gasteiger partial charge is 0.466 e. The van der Waals surface area contributed by atoms with Crippen molar-refractivity contribution in [2.75, 3.05) is 6.61 Å². The first-order valence-corrected chi connectivity index (χ1v) is 6.11. The molecule has 1 aromatic rings. The van der Waals surface area contributed by atoms with Crippen molar-refractivity contribution < 1.29 is 19.2 Å². The van der Waals surface area contributed by atoms with Crippen LogP contribution in [0.25, 0.3) is 0 Å². The van der Waals surface area contributed by atoms with E-state index in [4.69, 9.17) is 0 Å². The molecule has 0 spiro atoms. The van der Waals surface area contributed by atoms with E-state index in [9.17, 15) is 19.7 Å². The van der Waals surface area contributed by atoms with Crippen molar-refractivity contribution in [1.82, 2.24) is 5.43 Å². The third kappa shape index (κ3) is 5.25. The SMILES string of the molecule is CCOC(=O)CC(=O)N/N=C/c1csc([N+](=O)[O-])c1. The first-order valence-electron chi connectivity index (χ1n) is 5.23. The summed E-state index contributed by atoms with van der Waals surface area (Å²) in [5.74, 6) is -1.25. The Bertz CT molecular complexity index is 511. The molecule has 0 bridgehead atoms. The molecule has 0 atom stereocenters. The smallest absolute Gasteiger partial charge is 0.324 e. The highest BCUT2D eigenvalue weighted by Gasteiger charge is 2.10. The van der Waals surface area contributed by atoms with Crippen molar-refractivity contribution in [3.8, 4) is 0 Å². The van der Waals surface area contributed by atoms with E-state index >= 15 is 0 Å². The highest BCUT2D eigenvalue weighted by molar-refractivity contribution is 7.13. The molecule has 1 aromatic heterocycles. The van der Waals surface area contributed by atoms with Gasteiger partial charge in [0.2, 0.25) is 0 Å². The van der Waals surface area contributed by atoms with Crippen LogP contribution in [0.1, 0.15) is 18.9 Å². The van der Waals surface area contributed by atoms with E-state index in [1.165, 1.54) is 17.7 Å². The standard InChI is InChI=1S/C10H11N3O5S/c1-2-18-10(15)4-8(14)12-11-5-7-3-9(13(16)17)19-6-7/h3,5-6H,2,4H2,1H3,(H,12,14)/b11-5+. The van der Waals surface area contributed by atoms with Gasteiger partial charge in [0.05, 0.1) is 17.7 Å². The Balaban J connectivity index is 2.42. The number of nitrogens with zero attached hydrogens (tertiary/aromatic N) is 2. The van der Waals surface area contributed by atoms with E-state index < -0.39 is 23.2 Å². The summed E-state index contributed by atoms with van der Waals surface area (Å²) in [5, 5.41) is 15.5. The van der Waals surface area contributed by atoms with Gasteiger partial charge in [-0.3, -0.25) is 19.7 Å². The molecule has 1 amide bonds. The maximum Gasteiger partial charge on any atom is 0.324 e. The second kappa shape index (κ2) is 7.21. The van der Waals surface area contributed by atoms with E-state index in [1.54, 1.807) is 6.92 Å². The van der Waals surface area contributed by atoms with E-state index in [0.29, 0.717) is 5.56 Å². The topological polar surface area (TPSA) is 111 Å². The average Bonchev–Trinajstić information content (AvgIpc) is 2.78. The lowest BCUT2D eigenvalue weighted by molar-refractivity contribution is -0.380. The molecule has 0 aliphatic rings. The van der Waals surface area contributed by atoms with Gasteiger partial charge in [0, 0.05) is 17.0 Å². The van der Waals surface area contributed by atoms with Crippen LogP contribution >= 0.6 is 11.3 Å². The summed E-state index contributed by atoms with van der Waals surface area (Å²) in [6.45, 7) is 1.84. The first-order chi connectivity index (χ1) is 9.02. The molecule has 8 nitrogen and oxygen atoms in total. The number of ether oxygens (including phenoxy) is 1. The van der Waals surface area contributed by atoms with Crippen LogP contribution in [-0.4, -0.2) is 29.6 Å². The number of hydrazone groups is 1. The van der Waals surface area contributed by atoms with Gasteiger partial charge in [0.25, 0.3) is 5.91 Å². The zero-order valence-electron chi connectivity index (χ0n) is 9.99. The van der Waals surface area contributed by atoms with Crippen LogP contribution in [0.4, 0.5) is 5.00 Å². The van der Waals surface area contributed by atoms with Crippen molar-refractivity contribution in [2.24, 2.45) is 5.10 Å². The molecule has 1 heterocycles. The Morgan fingerprint density at radius 2 is 2.37 bits per heavy atom. The first kappa shape index (κ1) is 14.8. The fraction of sp³-hybridized carbons (Fsp3) is 0.300. The predicted octanol–water partition coefficient (Wildman–Crippen LogP) is 1.06. The van der Waals surface area contributed by atoms with Gasteiger partial charge in [0.15, 0.2) is 0 Å². The van der Waals surface area contributed by atoms with Gasteiger partial charge in [-0.15, -0.1) is 0 Å². The summed E-state index contributed by atoms with van der Waals surface area (Å²) in [4.78, 5) is 32.1. The number of rotatable bonds is 6. The van der Waals surface area contributed by atoms with Crippen LogP contribution in [0.5, 0.6) is 0 Å². The number of nitrogens with one attached hydrogen (secondary N) is 1. The number of nitro groups is 1. The zero-order valence-corrected chi connectivity index (χ0v) is 10.8. The zero-order chi connectivity index (χ0) is 14.3. The van der Waals surface area contributed by atoms with E-state index in [0.717, 1.165) is 11.3 Å². The highest BCUT2D eigenvalue weighted by atomic mass is 32.1. The fourth-order valence-electron chi connectivity index (χ4n) is 1.06. The van der Waals surface area contributed by atoms with Gasteiger partial charge in [-0.05, 0) is 6.92 Å². The van der Waals surface area contributed by atoms with Crippen molar-refractivity contribution in [3.63, 3.8) is 0 Å². The molecule has 19 heavy (non-hydrogen) atoms. The van der Waals surface area contributed by atoms with E-state index in [2.05, 4.69) is 15.3 Å². The Hall–Kier alpha value is -2.29. The van der Waals surface area contributed by atoms with Crippen LogP contribution < -0.4 is 5.43 Å². The van der Waals surface area contributed by atoms with Gasteiger partial charge >= 0.3 is 11.0 Å². The number of amides is 1. The molecular formula is C10H11N3O5S. The van der Waals surface area contributed by atoms with Crippen molar-refractivity contribution >= 4 is 34.4 Å². The fourth-order valence-corrected chi connectivity index (χ4v) is 1.74. The van der Waals surface area contributed by atoms with Gasteiger partial charge in [0.1, 0.15) is 6.42 Å². The van der Waals surface area contributed by atoms with Crippen LogP contribution in [0.2, 0.25) is 0 Å². The Labute approximate surface area is 112 Å². The summed E-state index contributed by atoms with van der Waals surface area (Å²) >= 11 is 0.957. The van der Waals surface area contributed by atoms with Crippen molar-refractivity contribution in [3.05, 3.63) is 27.1 Å². The summed E-state index contributed by atoms with van der Waals surface area (Å²) in [6.07, 6.45) is 0.835. The molecule has 0 aliphatic carbocycles. The lowest BCUT2D eigenvalue weighted by atomic mass is 10.4. The number of carbonyl (C=O) groups is 2. The molecule has 0 saturated heterocycles. The molecule has 102 valence electrons. The van der Waals surface area contributed by atoms with Gasteiger partial charge in [-0.25, -0.2) is 5.43 Å². The molecule has 0 unspecified atom stereocenters. The summed E-state index contributed by atoms with van der Waals surface area (Å²) < 4.78 is 4.58. The molecule has 0 fully saturated rings. The van der Waals surface area contributed by atoms with E-state index in [1.807, 2.05) is 0 Å². The lowest BCUT2D eigenvalue weighted by Gasteiger charge is -1.99. The summed E-state index contributed by atoms with van der Waals surface area (Å²) in [5.41, 5.74) is 2.62. The number of carbonyl (C=O) groups excluding carboxylic acids is 2. The summed E-state index contributed by atoms with van der Waals surface area (Å²) in [7, 11) is 0. The molecular weight excluding hydrogens is 274 g/mol. The minimum Gasteiger partial charge on any atom is -0.466 e. The predicted molar refractivity (Wildman–Crippen MR) is 68.0 cm³/mol. The molecule has 0 aliphatic heterocycles. The van der Waals surface area contributed by atoms with E-state index in [-0.39, 0.29) is 11.6 Å². The quantitative estimate of drug-likeness (QED) is 0.276. The second-order valence-corrected chi connectivity index (χ2v) is 4.14. The minimum absolute atomic E-state index is 0.0145. The molecule has 0 aromatic carbocycles. The van der Waals surface area contributed by atoms with Crippen molar-refractivity contribution in [1.29, 1.82) is 0 Å². The molecule has 0 radical (unpaired) electrons. The van der Waals surface area contributed by atoms with Crippen LogP contribution in [0.15, 0.2) is 16.5 Å². The maximum atomic E-state index is 11.2. The number of esters is 1. The molecule has 0 saturated carbocycles. The van der Waals surface area contributed by atoms with Crippen molar-refractivity contribution in [2.45, 2.75) is 13.3 Å².